The molecule has 1 amide bonds. The van der Waals surface area contributed by atoms with Gasteiger partial charge >= 0.3 is 17.8 Å². The number of thiophene rings is 2. The molecule has 194 valence electrons. The highest BCUT2D eigenvalue weighted by atomic mass is 32.1. The number of nitrogens with two attached hydrogens (primary N) is 1. The van der Waals surface area contributed by atoms with Crippen LogP contribution in [0, 0.1) is 13.8 Å². The Hall–Kier alpha value is -2.89. The van der Waals surface area contributed by atoms with E-state index in [2.05, 4.69) is 5.32 Å². The highest BCUT2D eigenvalue weighted by Crippen LogP contribution is 2.67. The smallest absolute Gasteiger partial charge is 0.325 e. The molecular weight excluding hydrogens is 534 g/mol. The van der Waals surface area contributed by atoms with Crippen molar-refractivity contribution in [3.8, 4) is 0 Å². The molecule has 5 rings (SSSR count). The Balaban J connectivity index is 1.84. The SMILES string of the molecule is Cc1sc2ccccc2c1C1=C(c2c(C)sc3cc(NC(=O)C(C)N)ccc23)C(F)(F)C(F)(F)C1(F)F. The Morgan fingerprint density at radius 3 is 1.92 bits per heavy atom. The van der Waals surface area contributed by atoms with Crippen LogP contribution in [0.4, 0.5) is 32.0 Å². The number of aryl methyl sites for hydroxylation is 2. The van der Waals surface area contributed by atoms with E-state index in [0.717, 1.165) is 22.7 Å². The number of benzene rings is 2. The lowest BCUT2D eigenvalue weighted by atomic mass is 9.91. The summed E-state index contributed by atoms with van der Waals surface area (Å²) < 4.78 is 92.7. The van der Waals surface area contributed by atoms with E-state index in [-0.39, 0.29) is 31.7 Å². The number of anilines is 1. The molecule has 1 atom stereocenters. The van der Waals surface area contributed by atoms with Crippen LogP contribution < -0.4 is 11.1 Å². The molecule has 0 saturated heterocycles. The van der Waals surface area contributed by atoms with Crippen molar-refractivity contribution in [1.82, 2.24) is 0 Å². The van der Waals surface area contributed by atoms with Gasteiger partial charge in [0.15, 0.2) is 0 Å². The Morgan fingerprint density at radius 2 is 1.35 bits per heavy atom. The Bertz CT molecular complexity index is 1620. The molecule has 1 unspecified atom stereocenters. The zero-order valence-corrected chi connectivity index (χ0v) is 21.3. The third-order valence-corrected chi connectivity index (χ3v) is 8.64. The normalized spacial score (nSPS) is 19.1. The summed E-state index contributed by atoms with van der Waals surface area (Å²) in [7, 11) is 0. The fraction of sp³-hybridized carbons (Fsp3) is 0.269. The van der Waals surface area contributed by atoms with Crippen LogP contribution >= 0.6 is 22.7 Å². The minimum atomic E-state index is -5.65. The topological polar surface area (TPSA) is 55.1 Å². The molecule has 2 heterocycles. The number of carbonyl (C=O) groups is 1. The number of nitrogens with one attached hydrogen (secondary N) is 1. The Labute approximate surface area is 215 Å². The molecule has 37 heavy (non-hydrogen) atoms. The summed E-state index contributed by atoms with van der Waals surface area (Å²) in [5.41, 5.74) is 2.50. The van der Waals surface area contributed by atoms with Gasteiger partial charge in [-0.05, 0) is 39.0 Å². The van der Waals surface area contributed by atoms with Gasteiger partial charge in [0.1, 0.15) is 0 Å². The monoisotopic (exact) mass is 554 g/mol. The van der Waals surface area contributed by atoms with Gasteiger partial charge < -0.3 is 11.1 Å². The zero-order chi connectivity index (χ0) is 27.1. The number of amides is 1. The van der Waals surface area contributed by atoms with Crippen LogP contribution in [0.5, 0.6) is 0 Å². The van der Waals surface area contributed by atoms with Crippen LogP contribution in [0.3, 0.4) is 0 Å². The van der Waals surface area contributed by atoms with Crippen molar-refractivity contribution < 1.29 is 31.1 Å². The van der Waals surface area contributed by atoms with Gasteiger partial charge in [0.25, 0.3) is 0 Å². The number of carbonyl (C=O) groups excluding carboxylic acids is 1. The van der Waals surface area contributed by atoms with E-state index >= 15 is 17.6 Å². The lowest BCUT2D eigenvalue weighted by Gasteiger charge is -2.26. The predicted octanol–water partition coefficient (Wildman–Crippen LogP) is 7.85. The molecule has 0 aliphatic heterocycles. The van der Waals surface area contributed by atoms with Gasteiger partial charge in [-0.2, -0.15) is 26.3 Å². The van der Waals surface area contributed by atoms with Crippen LogP contribution in [0.25, 0.3) is 31.3 Å². The highest BCUT2D eigenvalue weighted by molar-refractivity contribution is 7.19. The molecule has 0 saturated carbocycles. The predicted molar refractivity (Wildman–Crippen MR) is 137 cm³/mol. The second-order valence-electron chi connectivity index (χ2n) is 9.02. The Morgan fingerprint density at radius 1 is 0.838 bits per heavy atom. The molecule has 11 heteroatoms. The second kappa shape index (κ2) is 8.31. The fourth-order valence-electron chi connectivity index (χ4n) is 4.73. The van der Waals surface area contributed by atoms with Crippen LogP contribution in [0.2, 0.25) is 0 Å². The maximum absolute atomic E-state index is 15.5. The van der Waals surface area contributed by atoms with E-state index in [0.29, 0.717) is 15.1 Å². The van der Waals surface area contributed by atoms with Gasteiger partial charge in [-0.3, -0.25) is 4.79 Å². The molecule has 4 aromatic rings. The second-order valence-corrected chi connectivity index (χ2v) is 11.5. The average molecular weight is 555 g/mol. The van der Waals surface area contributed by atoms with Crippen LogP contribution in [-0.4, -0.2) is 29.7 Å². The van der Waals surface area contributed by atoms with Gasteiger partial charge in [0.2, 0.25) is 5.91 Å². The summed E-state index contributed by atoms with van der Waals surface area (Å²) in [4.78, 5) is 12.4. The number of hydrogen-bond acceptors (Lipinski definition) is 4. The average Bonchev–Trinajstić information content (AvgIpc) is 3.33. The molecule has 2 aromatic heterocycles. The number of allylic oxidation sites excluding steroid dienone is 2. The summed E-state index contributed by atoms with van der Waals surface area (Å²) in [6.07, 6.45) is 0. The molecule has 0 spiro atoms. The summed E-state index contributed by atoms with van der Waals surface area (Å²) in [5, 5.41) is 2.90. The Kier molecular flexibility index (Phi) is 5.78. The van der Waals surface area contributed by atoms with Gasteiger partial charge in [-0.15, -0.1) is 22.7 Å². The maximum atomic E-state index is 15.5. The van der Waals surface area contributed by atoms with E-state index in [1.165, 1.54) is 45.0 Å². The fourth-order valence-corrected chi connectivity index (χ4v) is 6.91. The molecule has 3 nitrogen and oxygen atoms in total. The first kappa shape index (κ1) is 25.7. The van der Waals surface area contributed by atoms with Gasteiger partial charge in [0, 0.05) is 57.9 Å². The first-order valence-corrected chi connectivity index (χ1v) is 12.8. The van der Waals surface area contributed by atoms with Crippen LogP contribution in [0.15, 0.2) is 42.5 Å². The standard InChI is InChI=1S/C26H20F6N2OS2/c1-11(33)23(35)34-14-8-9-16-18(10-14)37-13(3)20(16)22-21(24(27,28)26(31,32)25(22,29)30)19-12(2)36-17-7-5-4-6-15(17)19/h4-11H,33H2,1-3H3,(H,34,35). The largest absolute Gasteiger partial charge is 0.380 e. The van der Waals surface area contributed by atoms with Crippen molar-refractivity contribution >= 4 is 65.6 Å². The van der Waals surface area contributed by atoms with Crippen molar-refractivity contribution in [2.45, 2.75) is 44.6 Å². The van der Waals surface area contributed by atoms with Crippen molar-refractivity contribution in [2.24, 2.45) is 5.73 Å². The molecule has 0 bridgehead atoms. The molecule has 1 aliphatic carbocycles. The molecule has 1 aliphatic rings. The van der Waals surface area contributed by atoms with Gasteiger partial charge in [0.05, 0.1) is 6.04 Å². The molecule has 0 radical (unpaired) electrons. The third kappa shape index (κ3) is 3.54. The third-order valence-electron chi connectivity index (χ3n) is 6.49. The van der Waals surface area contributed by atoms with Crippen molar-refractivity contribution in [2.75, 3.05) is 5.32 Å². The summed E-state index contributed by atoms with van der Waals surface area (Å²) in [6, 6.07) is 9.72. The molecular formula is C26H20F6N2OS2. The first-order valence-electron chi connectivity index (χ1n) is 11.2. The van der Waals surface area contributed by atoms with Crippen molar-refractivity contribution in [1.29, 1.82) is 0 Å². The quantitative estimate of drug-likeness (QED) is 0.253. The van der Waals surface area contributed by atoms with E-state index < -0.39 is 40.9 Å². The number of halogens is 6. The number of hydrogen-bond donors (Lipinski definition) is 2. The summed E-state index contributed by atoms with van der Waals surface area (Å²) in [6.45, 7) is 4.36. The summed E-state index contributed by atoms with van der Waals surface area (Å²) >= 11 is 2.06. The van der Waals surface area contributed by atoms with Gasteiger partial charge in [-0.1, -0.05) is 24.3 Å². The highest BCUT2D eigenvalue weighted by Gasteiger charge is 2.80. The molecule has 0 fully saturated rings. The molecule has 2 aromatic carbocycles. The first-order chi connectivity index (χ1) is 17.2. The van der Waals surface area contributed by atoms with E-state index in [4.69, 9.17) is 5.73 Å². The van der Waals surface area contributed by atoms with Crippen LogP contribution in [-0.2, 0) is 4.79 Å². The lowest BCUT2D eigenvalue weighted by molar-refractivity contribution is -0.254. The van der Waals surface area contributed by atoms with Crippen LogP contribution in [0.1, 0.15) is 27.8 Å². The van der Waals surface area contributed by atoms with Crippen molar-refractivity contribution in [3.63, 3.8) is 0 Å². The molecule has 3 N–H and O–H groups in total. The van der Waals surface area contributed by atoms with Gasteiger partial charge in [-0.25, -0.2) is 0 Å². The van der Waals surface area contributed by atoms with E-state index in [1.54, 1.807) is 18.2 Å². The number of rotatable bonds is 4. The maximum Gasteiger partial charge on any atom is 0.380 e. The minimum absolute atomic E-state index is 0.110. The number of fused-ring (bicyclic) bond motifs is 2. The minimum Gasteiger partial charge on any atom is -0.325 e. The van der Waals surface area contributed by atoms with Crippen molar-refractivity contribution in [3.05, 3.63) is 63.3 Å². The zero-order valence-electron chi connectivity index (χ0n) is 19.7. The lowest BCUT2D eigenvalue weighted by Crippen LogP contribution is -2.48. The summed E-state index contributed by atoms with van der Waals surface area (Å²) in [5.74, 6) is -16.4. The van der Waals surface area contributed by atoms with E-state index in [1.807, 2.05) is 0 Å². The van der Waals surface area contributed by atoms with E-state index in [9.17, 15) is 13.6 Å². The number of alkyl halides is 6.